The van der Waals surface area contributed by atoms with Crippen molar-refractivity contribution < 1.29 is 13.2 Å². The summed E-state index contributed by atoms with van der Waals surface area (Å²) in [4.78, 5) is 1.89. The number of hydrogen-bond acceptors (Lipinski definition) is 1. The SMILES string of the molecule is N=C1CCCN1Cc1ccc(C(F)(F)F)cc1. The zero-order chi connectivity index (χ0) is 12.5. The smallest absolute Gasteiger partial charge is 0.356 e. The van der Waals surface area contributed by atoms with Crippen molar-refractivity contribution in [1.82, 2.24) is 4.90 Å². The lowest BCUT2D eigenvalue weighted by atomic mass is 10.1. The Morgan fingerprint density at radius 1 is 1.18 bits per heavy atom. The summed E-state index contributed by atoms with van der Waals surface area (Å²) in [7, 11) is 0. The van der Waals surface area contributed by atoms with Crippen LogP contribution in [-0.4, -0.2) is 17.3 Å². The number of nitrogens with one attached hydrogen (secondary N) is 1. The van der Waals surface area contributed by atoms with Gasteiger partial charge in [-0.05, 0) is 24.1 Å². The van der Waals surface area contributed by atoms with Crippen molar-refractivity contribution in [2.24, 2.45) is 0 Å². The van der Waals surface area contributed by atoms with Gasteiger partial charge in [0.1, 0.15) is 0 Å². The number of halogens is 3. The molecule has 92 valence electrons. The van der Waals surface area contributed by atoms with Crippen molar-refractivity contribution in [1.29, 1.82) is 5.41 Å². The summed E-state index contributed by atoms with van der Waals surface area (Å²) >= 11 is 0. The van der Waals surface area contributed by atoms with E-state index in [1.54, 1.807) is 0 Å². The van der Waals surface area contributed by atoms with Gasteiger partial charge in [-0.15, -0.1) is 0 Å². The van der Waals surface area contributed by atoms with Gasteiger partial charge in [0.15, 0.2) is 0 Å². The quantitative estimate of drug-likeness (QED) is 0.846. The van der Waals surface area contributed by atoms with Crippen LogP contribution in [0.2, 0.25) is 0 Å². The minimum absolute atomic E-state index is 0.525. The molecule has 1 aliphatic rings. The van der Waals surface area contributed by atoms with Crippen LogP contribution < -0.4 is 0 Å². The Morgan fingerprint density at radius 2 is 1.82 bits per heavy atom. The largest absolute Gasteiger partial charge is 0.416 e. The zero-order valence-corrected chi connectivity index (χ0v) is 9.22. The van der Waals surface area contributed by atoms with Crippen LogP contribution in [0.15, 0.2) is 24.3 Å². The molecule has 2 rings (SSSR count). The third kappa shape index (κ3) is 2.78. The monoisotopic (exact) mass is 242 g/mol. The summed E-state index contributed by atoms with van der Waals surface area (Å²) in [5.41, 5.74) is 0.183. The van der Waals surface area contributed by atoms with Crippen LogP contribution >= 0.6 is 0 Å². The Balaban J connectivity index is 2.06. The highest BCUT2D eigenvalue weighted by Crippen LogP contribution is 2.29. The zero-order valence-electron chi connectivity index (χ0n) is 9.22. The Bertz CT molecular complexity index is 409. The average molecular weight is 242 g/mol. The Labute approximate surface area is 97.6 Å². The van der Waals surface area contributed by atoms with Crippen LogP contribution in [0.4, 0.5) is 13.2 Å². The van der Waals surface area contributed by atoms with Gasteiger partial charge in [0.05, 0.1) is 11.4 Å². The van der Waals surface area contributed by atoms with E-state index in [2.05, 4.69) is 0 Å². The van der Waals surface area contributed by atoms with Crippen molar-refractivity contribution in [3.8, 4) is 0 Å². The van der Waals surface area contributed by atoms with Crippen molar-refractivity contribution in [2.45, 2.75) is 25.6 Å². The Hall–Kier alpha value is -1.52. The van der Waals surface area contributed by atoms with Gasteiger partial charge in [-0.25, -0.2) is 0 Å². The minimum atomic E-state index is -4.28. The molecule has 0 bridgehead atoms. The van der Waals surface area contributed by atoms with E-state index in [0.717, 1.165) is 37.1 Å². The first-order valence-electron chi connectivity index (χ1n) is 5.45. The van der Waals surface area contributed by atoms with Gasteiger partial charge >= 0.3 is 6.18 Å². The molecule has 1 fully saturated rings. The van der Waals surface area contributed by atoms with E-state index in [1.165, 1.54) is 12.1 Å². The molecule has 0 radical (unpaired) electrons. The third-order valence-electron chi connectivity index (χ3n) is 2.88. The van der Waals surface area contributed by atoms with Crippen molar-refractivity contribution in [2.75, 3.05) is 6.54 Å². The molecular weight excluding hydrogens is 229 g/mol. The van der Waals surface area contributed by atoms with E-state index >= 15 is 0 Å². The highest BCUT2D eigenvalue weighted by atomic mass is 19.4. The molecule has 0 aliphatic carbocycles. The number of benzene rings is 1. The molecule has 1 aliphatic heterocycles. The van der Waals surface area contributed by atoms with Crippen LogP contribution in [0.3, 0.4) is 0 Å². The molecule has 0 unspecified atom stereocenters. The molecule has 0 spiro atoms. The lowest BCUT2D eigenvalue weighted by Gasteiger charge is -2.18. The molecule has 1 aromatic rings. The standard InChI is InChI=1S/C12H13F3N2/c13-12(14,15)10-5-3-9(4-6-10)8-17-7-1-2-11(17)16/h3-6,16H,1-2,7-8H2. The van der Waals surface area contributed by atoms with E-state index in [-0.39, 0.29) is 0 Å². The van der Waals surface area contributed by atoms with Gasteiger partial charge in [0.2, 0.25) is 0 Å². The predicted molar refractivity (Wildman–Crippen MR) is 58.8 cm³/mol. The average Bonchev–Trinajstić information content (AvgIpc) is 2.64. The maximum Gasteiger partial charge on any atom is 0.416 e. The highest BCUT2D eigenvalue weighted by Gasteiger charge is 2.30. The molecular formula is C12H13F3N2. The second-order valence-corrected chi connectivity index (χ2v) is 4.17. The number of nitrogens with zero attached hydrogens (tertiary/aromatic N) is 1. The van der Waals surface area contributed by atoms with Gasteiger partial charge < -0.3 is 4.90 Å². The lowest BCUT2D eigenvalue weighted by molar-refractivity contribution is -0.137. The maximum atomic E-state index is 12.3. The van der Waals surface area contributed by atoms with E-state index in [4.69, 9.17) is 5.41 Å². The van der Waals surface area contributed by atoms with Crippen molar-refractivity contribution >= 4 is 5.84 Å². The molecule has 0 aromatic heterocycles. The lowest BCUT2D eigenvalue weighted by Crippen LogP contribution is -2.23. The summed E-state index contributed by atoms with van der Waals surface area (Å²) in [6, 6.07) is 5.15. The fraction of sp³-hybridized carbons (Fsp3) is 0.417. The number of rotatable bonds is 2. The molecule has 1 aromatic carbocycles. The Kier molecular flexibility index (Phi) is 3.09. The van der Waals surface area contributed by atoms with Crippen molar-refractivity contribution in [3.63, 3.8) is 0 Å². The first-order valence-corrected chi connectivity index (χ1v) is 5.45. The van der Waals surface area contributed by atoms with E-state index in [0.29, 0.717) is 12.4 Å². The van der Waals surface area contributed by atoms with Crippen LogP contribution in [-0.2, 0) is 12.7 Å². The normalized spacial score (nSPS) is 16.6. The first-order chi connectivity index (χ1) is 7.97. The second-order valence-electron chi connectivity index (χ2n) is 4.17. The third-order valence-corrected chi connectivity index (χ3v) is 2.88. The summed E-state index contributed by atoms with van der Waals surface area (Å²) in [6.45, 7) is 1.34. The van der Waals surface area contributed by atoms with E-state index in [1.807, 2.05) is 4.90 Å². The summed E-state index contributed by atoms with van der Waals surface area (Å²) in [6.07, 6.45) is -2.56. The van der Waals surface area contributed by atoms with Gasteiger partial charge in [-0.2, -0.15) is 13.2 Å². The predicted octanol–water partition coefficient (Wildman–Crippen LogP) is 3.28. The number of hydrogen-bond donors (Lipinski definition) is 1. The molecule has 0 amide bonds. The number of likely N-dealkylation sites (tertiary alicyclic amines) is 1. The second kappa shape index (κ2) is 4.39. The van der Waals surface area contributed by atoms with Gasteiger partial charge in [0.25, 0.3) is 0 Å². The minimum Gasteiger partial charge on any atom is -0.356 e. The first kappa shape index (κ1) is 12.0. The molecule has 1 heterocycles. The van der Waals surface area contributed by atoms with Gasteiger partial charge in [-0.1, -0.05) is 12.1 Å². The van der Waals surface area contributed by atoms with E-state index < -0.39 is 11.7 Å². The summed E-state index contributed by atoms with van der Waals surface area (Å²) in [5.74, 6) is 0.574. The summed E-state index contributed by atoms with van der Waals surface area (Å²) < 4.78 is 37.0. The fourth-order valence-electron chi connectivity index (χ4n) is 1.92. The molecule has 1 N–H and O–H groups in total. The van der Waals surface area contributed by atoms with Crippen LogP contribution in [0.25, 0.3) is 0 Å². The molecule has 0 saturated carbocycles. The molecule has 1 saturated heterocycles. The van der Waals surface area contributed by atoms with E-state index in [9.17, 15) is 13.2 Å². The highest BCUT2D eigenvalue weighted by molar-refractivity contribution is 5.80. The number of amidine groups is 1. The van der Waals surface area contributed by atoms with Crippen LogP contribution in [0.1, 0.15) is 24.0 Å². The molecule has 2 nitrogen and oxygen atoms in total. The molecule has 5 heteroatoms. The van der Waals surface area contributed by atoms with Gasteiger partial charge in [0, 0.05) is 19.5 Å². The molecule has 0 atom stereocenters. The van der Waals surface area contributed by atoms with Crippen LogP contribution in [0.5, 0.6) is 0 Å². The Morgan fingerprint density at radius 3 is 2.29 bits per heavy atom. The van der Waals surface area contributed by atoms with Gasteiger partial charge in [-0.3, -0.25) is 5.41 Å². The maximum absolute atomic E-state index is 12.3. The molecule has 17 heavy (non-hydrogen) atoms. The fourth-order valence-corrected chi connectivity index (χ4v) is 1.92. The number of alkyl halides is 3. The summed E-state index contributed by atoms with van der Waals surface area (Å²) in [5, 5.41) is 7.64. The topological polar surface area (TPSA) is 27.1 Å². The van der Waals surface area contributed by atoms with Crippen LogP contribution in [0, 0.1) is 5.41 Å². The van der Waals surface area contributed by atoms with Crippen molar-refractivity contribution in [3.05, 3.63) is 35.4 Å².